The van der Waals surface area contributed by atoms with E-state index in [0.717, 1.165) is 45.9 Å². The van der Waals surface area contributed by atoms with Crippen LogP contribution in [-0.4, -0.2) is 15.7 Å². The van der Waals surface area contributed by atoms with Crippen LogP contribution in [0.1, 0.15) is 60.0 Å². The summed E-state index contributed by atoms with van der Waals surface area (Å²) in [5.74, 6) is -0.0336. The summed E-state index contributed by atoms with van der Waals surface area (Å²) in [4.78, 5) is 12.9. The standard InChI is InChI=1S/C22H26N4OS/c1-4-6-7-15-8-10-16(11-9-15)18-13-28-22-19(18)21(27)24-20(25-22)17-12-23-26(5-2)14(17)3/h8-13,20,25H,4-7H2,1-3H3,(H,24,27)/t20-/m1/s1. The highest BCUT2D eigenvalue weighted by Gasteiger charge is 2.30. The number of benzene rings is 1. The molecule has 2 aromatic heterocycles. The molecule has 0 bridgehead atoms. The average molecular weight is 395 g/mol. The van der Waals surface area contributed by atoms with E-state index in [2.05, 4.69) is 59.2 Å². The van der Waals surface area contributed by atoms with Crippen LogP contribution in [0.4, 0.5) is 5.00 Å². The summed E-state index contributed by atoms with van der Waals surface area (Å²) < 4.78 is 1.94. The maximum Gasteiger partial charge on any atom is 0.256 e. The van der Waals surface area contributed by atoms with Crippen LogP contribution in [0, 0.1) is 6.92 Å². The molecule has 1 amide bonds. The molecule has 0 saturated carbocycles. The van der Waals surface area contributed by atoms with Crippen LogP contribution in [0.2, 0.25) is 0 Å². The zero-order valence-corrected chi connectivity index (χ0v) is 17.4. The van der Waals surface area contributed by atoms with Crippen molar-refractivity contribution in [3.8, 4) is 11.1 Å². The summed E-state index contributed by atoms with van der Waals surface area (Å²) in [7, 11) is 0. The molecule has 0 unspecified atom stereocenters. The minimum atomic E-state index is -0.247. The SMILES string of the molecule is CCCCc1ccc(-c2csc3c2C(=O)N[C@@H](c2cnn(CC)c2C)N3)cc1. The summed E-state index contributed by atoms with van der Waals surface area (Å²) >= 11 is 1.59. The Morgan fingerprint density at radius 1 is 1.18 bits per heavy atom. The minimum absolute atomic E-state index is 0.0336. The molecular weight excluding hydrogens is 368 g/mol. The summed E-state index contributed by atoms with van der Waals surface area (Å²) in [6.45, 7) is 7.12. The fourth-order valence-corrected chi connectivity index (χ4v) is 4.72. The number of nitrogens with one attached hydrogen (secondary N) is 2. The Morgan fingerprint density at radius 3 is 2.64 bits per heavy atom. The molecule has 0 spiro atoms. The molecule has 28 heavy (non-hydrogen) atoms. The van der Waals surface area contributed by atoms with Crippen LogP contribution in [0.15, 0.2) is 35.8 Å². The van der Waals surface area contributed by atoms with Gasteiger partial charge in [0.15, 0.2) is 0 Å². The molecular formula is C22H26N4OS. The largest absolute Gasteiger partial charge is 0.352 e. The highest BCUT2D eigenvalue weighted by Crippen LogP contribution is 2.40. The van der Waals surface area contributed by atoms with Crippen molar-refractivity contribution in [2.24, 2.45) is 0 Å². The van der Waals surface area contributed by atoms with E-state index in [4.69, 9.17) is 0 Å². The Balaban J connectivity index is 1.60. The minimum Gasteiger partial charge on any atom is -0.352 e. The molecule has 4 rings (SSSR count). The molecule has 0 fully saturated rings. The number of hydrogen-bond donors (Lipinski definition) is 2. The van der Waals surface area contributed by atoms with E-state index in [1.165, 1.54) is 18.4 Å². The lowest BCUT2D eigenvalue weighted by atomic mass is 9.99. The third-order valence-corrected chi connectivity index (χ3v) is 6.32. The zero-order chi connectivity index (χ0) is 19.7. The van der Waals surface area contributed by atoms with E-state index in [1.807, 2.05) is 17.8 Å². The van der Waals surface area contributed by atoms with Gasteiger partial charge in [-0.15, -0.1) is 11.3 Å². The van der Waals surface area contributed by atoms with Gasteiger partial charge in [-0.1, -0.05) is 37.6 Å². The Kier molecular flexibility index (Phi) is 5.22. The predicted molar refractivity (Wildman–Crippen MR) is 115 cm³/mol. The van der Waals surface area contributed by atoms with Crippen LogP contribution >= 0.6 is 11.3 Å². The molecule has 1 aromatic carbocycles. The zero-order valence-electron chi connectivity index (χ0n) is 16.6. The normalized spacial score (nSPS) is 15.8. The molecule has 3 heterocycles. The third kappa shape index (κ3) is 3.33. The Hall–Kier alpha value is -2.60. The maximum atomic E-state index is 12.9. The smallest absolute Gasteiger partial charge is 0.256 e. The molecule has 1 aliphatic heterocycles. The molecule has 5 nitrogen and oxygen atoms in total. The summed E-state index contributed by atoms with van der Waals surface area (Å²) in [5.41, 5.74) is 6.25. The fourth-order valence-electron chi connectivity index (χ4n) is 3.72. The van der Waals surface area contributed by atoms with Crippen molar-refractivity contribution in [1.82, 2.24) is 15.1 Å². The monoisotopic (exact) mass is 394 g/mol. The molecule has 1 atom stereocenters. The van der Waals surface area contributed by atoms with Gasteiger partial charge in [-0.2, -0.15) is 5.10 Å². The van der Waals surface area contributed by atoms with Gasteiger partial charge in [0, 0.05) is 28.7 Å². The van der Waals surface area contributed by atoms with Gasteiger partial charge in [-0.3, -0.25) is 9.48 Å². The second kappa shape index (κ2) is 7.80. The number of fused-ring (bicyclic) bond motifs is 1. The van der Waals surface area contributed by atoms with E-state index >= 15 is 0 Å². The number of thiophene rings is 1. The van der Waals surface area contributed by atoms with Gasteiger partial charge < -0.3 is 10.6 Å². The third-order valence-electron chi connectivity index (χ3n) is 5.40. The first-order chi connectivity index (χ1) is 13.6. The average Bonchev–Trinajstić information content (AvgIpc) is 3.30. The van der Waals surface area contributed by atoms with Crippen molar-refractivity contribution in [3.05, 3.63) is 58.2 Å². The highest BCUT2D eigenvalue weighted by molar-refractivity contribution is 7.15. The summed E-state index contributed by atoms with van der Waals surface area (Å²) in [6.07, 6.45) is 5.10. The van der Waals surface area contributed by atoms with Gasteiger partial charge in [0.1, 0.15) is 11.2 Å². The summed E-state index contributed by atoms with van der Waals surface area (Å²) in [5, 5.41) is 14.0. The Labute approximate surface area is 169 Å². The van der Waals surface area contributed by atoms with E-state index in [-0.39, 0.29) is 12.1 Å². The Morgan fingerprint density at radius 2 is 1.96 bits per heavy atom. The predicted octanol–water partition coefficient (Wildman–Crippen LogP) is 5.14. The van der Waals surface area contributed by atoms with E-state index < -0.39 is 0 Å². The number of aromatic nitrogens is 2. The lowest BCUT2D eigenvalue weighted by Crippen LogP contribution is -2.38. The van der Waals surface area contributed by atoms with Crippen LogP contribution < -0.4 is 10.6 Å². The van der Waals surface area contributed by atoms with Crippen molar-refractivity contribution in [1.29, 1.82) is 0 Å². The number of carbonyl (C=O) groups is 1. The molecule has 146 valence electrons. The van der Waals surface area contributed by atoms with Gasteiger partial charge in [-0.05, 0) is 37.8 Å². The van der Waals surface area contributed by atoms with Crippen molar-refractivity contribution in [2.45, 2.75) is 52.7 Å². The molecule has 0 saturated heterocycles. The van der Waals surface area contributed by atoms with E-state index in [0.29, 0.717) is 0 Å². The number of unbranched alkanes of at least 4 members (excludes halogenated alkanes) is 1. The second-order valence-corrected chi connectivity index (χ2v) is 8.09. The molecule has 2 N–H and O–H groups in total. The Bertz CT molecular complexity index is 987. The van der Waals surface area contributed by atoms with Gasteiger partial charge in [0.2, 0.25) is 0 Å². The first-order valence-corrected chi connectivity index (χ1v) is 10.8. The molecule has 0 radical (unpaired) electrons. The van der Waals surface area contributed by atoms with Crippen molar-refractivity contribution < 1.29 is 4.79 Å². The van der Waals surface area contributed by atoms with Crippen molar-refractivity contribution in [3.63, 3.8) is 0 Å². The number of nitrogens with zero attached hydrogens (tertiary/aromatic N) is 2. The van der Waals surface area contributed by atoms with Gasteiger partial charge in [0.05, 0.1) is 11.8 Å². The van der Waals surface area contributed by atoms with Crippen LogP contribution in [0.5, 0.6) is 0 Å². The first kappa shape index (κ1) is 18.7. The number of rotatable bonds is 6. The van der Waals surface area contributed by atoms with E-state index in [1.54, 1.807) is 11.3 Å². The lowest BCUT2D eigenvalue weighted by Gasteiger charge is -2.26. The van der Waals surface area contributed by atoms with Gasteiger partial charge >= 0.3 is 0 Å². The first-order valence-electron chi connectivity index (χ1n) is 9.92. The number of hydrogen-bond acceptors (Lipinski definition) is 4. The molecule has 3 aromatic rings. The van der Waals surface area contributed by atoms with E-state index in [9.17, 15) is 4.79 Å². The fraction of sp³-hybridized carbons (Fsp3) is 0.364. The van der Waals surface area contributed by atoms with Crippen LogP contribution in [0.3, 0.4) is 0 Å². The number of anilines is 1. The quantitative estimate of drug-likeness (QED) is 0.609. The number of amides is 1. The summed E-state index contributed by atoms with van der Waals surface area (Å²) in [6, 6.07) is 8.60. The lowest BCUT2D eigenvalue weighted by molar-refractivity contribution is 0.0937. The van der Waals surface area contributed by atoms with Crippen molar-refractivity contribution in [2.75, 3.05) is 5.32 Å². The van der Waals surface area contributed by atoms with Gasteiger partial charge in [-0.25, -0.2) is 0 Å². The molecule has 0 aliphatic carbocycles. The second-order valence-electron chi connectivity index (χ2n) is 7.21. The highest BCUT2D eigenvalue weighted by atomic mass is 32.1. The number of aryl methyl sites for hydroxylation is 2. The molecule has 6 heteroatoms. The molecule has 1 aliphatic rings. The van der Waals surface area contributed by atoms with Gasteiger partial charge in [0.25, 0.3) is 5.91 Å². The maximum absolute atomic E-state index is 12.9. The number of carbonyl (C=O) groups excluding carboxylic acids is 1. The van der Waals surface area contributed by atoms with Crippen LogP contribution in [0.25, 0.3) is 11.1 Å². The van der Waals surface area contributed by atoms with Crippen molar-refractivity contribution >= 4 is 22.2 Å². The topological polar surface area (TPSA) is 59.0 Å². The van der Waals surface area contributed by atoms with Crippen LogP contribution in [-0.2, 0) is 13.0 Å².